The molecule has 0 rings (SSSR count). The van der Waals surface area contributed by atoms with Gasteiger partial charge in [-0.25, -0.2) is 0 Å². The molecule has 0 radical (unpaired) electrons. The molecular weight excluding hydrogens is 905 g/mol. The van der Waals surface area contributed by atoms with Crippen LogP contribution in [0.25, 0.3) is 0 Å². The Hall–Kier alpha value is 0.208. The quantitative estimate of drug-likeness (QED) is 0.0308. The molecule has 24 heteroatoms. The lowest BCUT2D eigenvalue weighted by Crippen LogP contribution is -2.43. The first-order valence-corrected chi connectivity index (χ1v) is 28.3. The molecule has 0 amide bonds. The standard InChI is InChI=1S/2C17H36O8S2Si2/c1-18-28(19-2,20-3)14-8-12-24-16(26)10-7-11-17(27)25-13-9-15-29(21-4,22-5)23-6;1-20-28(21-2,22-3)11-7-9-17(13-15(18)26,14-16(19)27)10-8-12-29(23-4,24-5)25-6/h7-15H2,1-6H3;7-14H2,1-6H3,(H,18,26)(H,19,27). The Morgan fingerprint density at radius 1 is 0.431 bits per heavy atom. The van der Waals surface area contributed by atoms with Gasteiger partial charge < -0.3 is 62.6 Å². The van der Waals surface area contributed by atoms with Crippen molar-refractivity contribution in [3.8, 4) is 0 Å². The molecule has 0 spiro atoms. The third-order valence-electron chi connectivity index (χ3n) is 9.71. The van der Waals surface area contributed by atoms with Gasteiger partial charge >= 0.3 is 35.2 Å². The van der Waals surface area contributed by atoms with E-state index in [0.717, 1.165) is 19.3 Å². The minimum absolute atomic E-state index is 0.172. The molecule has 0 aromatic heterocycles. The highest BCUT2D eigenvalue weighted by Gasteiger charge is 2.42. The van der Waals surface area contributed by atoms with Crippen LogP contribution in [0, 0.1) is 5.41 Å². The highest BCUT2D eigenvalue weighted by molar-refractivity contribution is 7.96. The van der Waals surface area contributed by atoms with Gasteiger partial charge in [-0.1, -0.05) is 0 Å². The number of hydrogen-bond donors (Lipinski definition) is 2. The van der Waals surface area contributed by atoms with Gasteiger partial charge in [0.1, 0.15) is 0 Å². The zero-order chi connectivity index (χ0) is 44.7. The Morgan fingerprint density at radius 2 is 0.672 bits per heavy atom. The molecule has 0 saturated heterocycles. The van der Waals surface area contributed by atoms with Gasteiger partial charge in [0.15, 0.2) is 20.3 Å². The SMILES string of the molecule is CO[Si](CCCC(CCC[Si](OC)(OC)OC)(CC(=O)S)CC(=O)S)(OC)OC.CO[Si](CCCOC(=S)CCCC(=S)OCCC[Si](OC)(OC)OC)(OC)OC. The van der Waals surface area contributed by atoms with Crippen LogP contribution in [0.2, 0.25) is 24.2 Å². The average molecular weight is 978 g/mol. The van der Waals surface area contributed by atoms with E-state index in [0.29, 0.717) is 86.0 Å². The van der Waals surface area contributed by atoms with Crippen LogP contribution >= 0.6 is 49.7 Å². The molecule has 0 aliphatic carbocycles. The summed E-state index contributed by atoms with van der Waals surface area (Å²) in [4.78, 5) is 23.8. The number of carbonyl (C=O) groups excluding carboxylic acids is 2. The van der Waals surface area contributed by atoms with E-state index in [4.69, 9.17) is 87.0 Å². The Bertz CT molecular complexity index is 1020. The van der Waals surface area contributed by atoms with Crippen LogP contribution < -0.4 is 0 Å². The van der Waals surface area contributed by atoms with Crippen molar-refractivity contribution in [1.29, 1.82) is 0 Å². The number of thiocarbonyl (C=S) groups is 2. The van der Waals surface area contributed by atoms with Crippen molar-refractivity contribution in [1.82, 2.24) is 0 Å². The first-order valence-electron chi connectivity index (χ1n) is 18.8. The summed E-state index contributed by atoms with van der Waals surface area (Å²) >= 11 is 18.5. The Balaban J connectivity index is 0. The highest BCUT2D eigenvalue weighted by atomic mass is 32.1. The monoisotopic (exact) mass is 976 g/mol. The molecule has 0 aromatic rings. The zero-order valence-corrected chi connectivity index (χ0v) is 44.2. The van der Waals surface area contributed by atoms with Gasteiger partial charge in [0, 0.05) is 135 Å². The molecule has 58 heavy (non-hydrogen) atoms. The lowest BCUT2D eigenvalue weighted by molar-refractivity contribution is -0.116. The Labute approximate surface area is 374 Å². The molecular formula is C34H72O16S4Si4. The topological polar surface area (TPSA) is 163 Å². The van der Waals surface area contributed by atoms with Crippen molar-refractivity contribution in [2.45, 2.75) is 94.8 Å². The summed E-state index contributed by atoms with van der Waals surface area (Å²) in [6.45, 7) is 1.02. The third-order valence-corrected chi connectivity index (χ3v) is 22.0. The molecule has 0 saturated carbocycles. The fourth-order valence-corrected chi connectivity index (χ4v) is 14.2. The van der Waals surface area contributed by atoms with Crippen molar-refractivity contribution in [2.75, 3.05) is 98.5 Å². The van der Waals surface area contributed by atoms with Gasteiger partial charge in [-0.05, 0) is 74.8 Å². The number of hydrogen-bond acceptors (Lipinski definition) is 18. The van der Waals surface area contributed by atoms with Gasteiger partial charge in [0.05, 0.1) is 13.2 Å². The van der Waals surface area contributed by atoms with Crippen molar-refractivity contribution in [3.05, 3.63) is 0 Å². The van der Waals surface area contributed by atoms with Crippen LogP contribution in [0.15, 0.2) is 0 Å². The van der Waals surface area contributed by atoms with E-state index in [1.54, 1.807) is 85.3 Å². The van der Waals surface area contributed by atoms with E-state index in [2.05, 4.69) is 25.3 Å². The summed E-state index contributed by atoms with van der Waals surface area (Å²) in [5, 5.41) is 0.621. The van der Waals surface area contributed by atoms with E-state index in [1.165, 1.54) is 0 Å². The molecule has 0 aliphatic heterocycles. The van der Waals surface area contributed by atoms with E-state index in [9.17, 15) is 9.59 Å². The first-order chi connectivity index (χ1) is 27.5. The normalized spacial score (nSPS) is 12.5. The van der Waals surface area contributed by atoms with Gasteiger partial charge in [-0.15, -0.1) is 25.3 Å². The van der Waals surface area contributed by atoms with Crippen LogP contribution in [-0.2, 0) is 72.2 Å². The van der Waals surface area contributed by atoms with E-state index in [-0.39, 0.29) is 23.1 Å². The number of thiol groups is 2. The largest absolute Gasteiger partial charge is 0.500 e. The van der Waals surface area contributed by atoms with Crippen LogP contribution in [-0.4, -0.2) is 154 Å². The van der Waals surface area contributed by atoms with E-state index in [1.807, 2.05) is 0 Å². The summed E-state index contributed by atoms with van der Waals surface area (Å²) in [7, 11) is 8.39. The number of carbonyl (C=O) groups is 2. The van der Waals surface area contributed by atoms with Crippen LogP contribution in [0.3, 0.4) is 0 Å². The Kier molecular flexibility index (Phi) is 35.1. The fraction of sp³-hybridized carbons (Fsp3) is 0.882. The lowest BCUT2D eigenvalue weighted by atomic mass is 9.74. The second kappa shape index (κ2) is 33.7. The lowest BCUT2D eigenvalue weighted by Gasteiger charge is -2.34. The van der Waals surface area contributed by atoms with Gasteiger partial charge in [0.2, 0.25) is 0 Å². The van der Waals surface area contributed by atoms with Gasteiger partial charge in [0.25, 0.3) is 0 Å². The maximum absolute atomic E-state index is 11.9. The predicted octanol–water partition coefficient (Wildman–Crippen LogP) is 6.36. The summed E-state index contributed by atoms with van der Waals surface area (Å²) < 4.78 is 76.2. The van der Waals surface area contributed by atoms with Crippen LogP contribution in [0.4, 0.5) is 0 Å². The van der Waals surface area contributed by atoms with Crippen molar-refractivity contribution in [3.63, 3.8) is 0 Å². The molecule has 0 fully saturated rings. The molecule has 0 bridgehead atoms. The summed E-state index contributed by atoms with van der Waals surface area (Å²) in [5.41, 5.74) is -0.567. The zero-order valence-electron chi connectivity index (χ0n) is 36.8. The van der Waals surface area contributed by atoms with E-state index < -0.39 is 40.6 Å². The Morgan fingerprint density at radius 3 is 0.897 bits per heavy atom. The molecule has 0 aliphatic rings. The minimum Gasteiger partial charge on any atom is -0.487 e. The fourth-order valence-electron chi connectivity index (χ4n) is 6.24. The molecule has 16 nitrogen and oxygen atoms in total. The third kappa shape index (κ3) is 24.2. The molecule has 0 atom stereocenters. The van der Waals surface area contributed by atoms with Crippen LogP contribution in [0.5, 0.6) is 0 Å². The summed E-state index contributed by atoms with van der Waals surface area (Å²) in [6, 6.07) is 2.51. The first kappa shape index (κ1) is 60.3. The smallest absolute Gasteiger partial charge is 0.487 e. The molecule has 0 heterocycles. The van der Waals surface area contributed by atoms with Crippen molar-refractivity contribution >= 4 is 105 Å². The van der Waals surface area contributed by atoms with Gasteiger partial charge in [-0.2, -0.15) is 0 Å². The summed E-state index contributed by atoms with van der Waals surface area (Å²) in [6.07, 6.45) is 6.51. The maximum Gasteiger partial charge on any atom is 0.500 e. The molecule has 0 aromatic carbocycles. The van der Waals surface area contributed by atoms with Gasteiger partial charge in [-0.3, -0.25) is 9.59 Å². The molecule has 0 N–H and O–H groups in total. The maximum atomic E-state index is 11.9. The second-order valence-electron chi connectivity index (χ2n) is 13.0. The minimum atomic E-state index is -2.74. The summed E-state index contributed by atoms with van der Waals surface area (Å²) in [5.74, 6) is 0. The van der Waals surface area contributed by atoms with E-state index >= 15 is 0 Å². The molecule has 0 unspecified atom stereocenters. The average Bonchev–Trinajstić information content (AvgIpc) is 3.22. The van der Waals surface area contributed by atoms with Crippen LogP contribution in [0.1, 0.15) is 70.6 Å². The molecule has 344 valence electrons. The number of rotatable bonds is 36. The van der Waals surface area contributed by atoms with Crippen molar-refractivity contribution < 1.29 is 72.2 Å². The van der Waals surface area contributed by atoms with Crippen molar-refractivity contribution in [2.24, 2.45) is 5.41 Å². The number of ether oxygens (including phenoxy) is 2. The predicted molar refractivity (Wildman–Crippen MR) is 245 cm³/mol. The highest BCUT2D eigenvalue weighted by Crippen LogP contribution is 2.41. The second-order valence-corrected chi connectivity index (χ2v) is 27.3.